The van der Waals surface area contributed by atoms with Crippen LogP contribution in [0.3, 0.4) is 0 Å². The number of ether oxygens (including phenoxy) is 1. The Balaban J connectivity index is 1.70. The van der Waals surface area contributed by atoms with Gasteiger partial charge in [0.2, 0.25) is 0 Å². The first-order chi connectivity index (χ1) is 8.19. The summed E-state index contributed by atoms with van der Waals surface area (Å²) >= 11 is 0. The lowest BCUT2D eigenvalue weighted by Crippen LogP contribution is -2.58. The van der Waals surface area contributed by atoms with E-state index in [2.05, 4.69) is 4.90 Å². The van der Waals surface area contributed by atoms with E-state index in [4.69, 9.17) is 10.5 Å². The predicted octanol–water partition coefficient (Wildman–Crippen LogP) is 2.02. The summed E-state index contributed by atoms with van der Waals surface area (Å²) in [5.74, 6) is -0.324. The fraction of sp³-hybridized carbons (Fsp3) is 0.538. The van der Waals surface area contributed by atoms with E-state index in [1.807, 2.05) is 6.07 Å². The van der Waals surface area contributed by atoms with Crippen LogP contribution in [-0.4, -0.2) is 26.3 Å². The summed E-state index contributed by atoms with van der Waals surface area (Å²) in [5.41, 5.74) is 7.04. The third-order valence-corrected chi connectivity index (χ3v) is 3.96. The second-order valence-corrected chi connectivity index (χ2v) is 5.17. The molecular formula is C13H17FN2O. The molecule has 0 radical (unpaired) electrons. The summed E-state index contributed by atoms with van der Waals surface area (Å²) in [7, 11) is 0. The van der Waals surface area contributed by atoms with E-state index in [0.717, 1.165) is 44.8 Å². The maximum absolute atomic E-state index is 13.4. The van der Waals surface area contributed by atoms with E-state index >= 15 is 0 Å². The zero-order valence-corrected chi connectivity index (χ0v) is 9.79. The van der Waals surface area contributed by atoms with E-state index in [1.54, 1.807) is 6.07 Å². The second kappa shape index (κ2) is 3.88. The average molecular weight is 236 g/mol. The third kappa shape index (κ3) is 1.86. The summed E-state index contributed by atoms with van der Waals surface area (Å²) in [6, 6.07) is 5.06. The molecule has 2 aliphatic rings. The van der Waals surface area contributed by atoms with Crippen molar-refractivity contribution in [3.63, 3.8) is 0 Å². The minimum absolute atomic E-state index is 0.218. The Morgan fingerprint density at radius 3 is 2.59 bits per heavy atom. The van der Waals surface area contributed by atoms with Crippen LogP contribution in [0.4, 0.5) is 15.8 Å². The first-order valence-electron chi connectivity index (χ1n) is 6.06. The molecule has 4 heteroatoms. The zero-order chi connectivity index (χ0) is 11.9. The largest absolute Gasteiger partial charge is 0.396 e. The minimum Gasteiger partial charge on any atom is -0.396 e. The van der Waals surface area contributed by atoms with Crippen molar-refractivity contribution >= 4 is 11.4 Å². The van der Waals surface area contributed by atoms with Gasteiger partial charge in [-0.05, 0) is 31.0 Å². The highest BCUT2D eigenvalue weighted by Gasteiger charge is 2.43. The van der Waals surface area contributed by atoms with Gasteiger partial charge >= 0.3 is 0 Å². The Bertz CT molecular complexity index is 421. The van der Waals surface area contributed by atoms with E-state index in [0.29, 0.717) is 5.41 Å². The van der Waals surface area contributed by atoms with Gasteiger partial charge in [-0.3, -0.25) is 0 Å². The van der Waals surface area contributed by atoms with Gasteiger partial charge in [0.1, 0.15) is 5.82 Å². The van der Waals surface area contributed by atoms with Crippen LogP contribution >= 0.6 is 0 Å². The Kier molecular flexibility index (Phi) is 2.47. The number of hydrogen-bond donors (Lipinski definition) is 1. The Morgan fingerprint density at radius 2 is 1.94 bits per heavy atom. The molecule has 2 aliphatic heterocycles. The fourth-order valence-corrected chi connectivity index (χ4v) is 2.78. The number of nitrogen functional groups attached to an aromatic ring is 1. The van der Waals surface area contributed by atoms with Crippen molar-refractivity contribution in [2.45, 2.75) is 12.8 Å². The van der Waals surface area contributed by atoms with Crippen LogP contribution in [0.1, 0.15) is 12.8 Å². The van der Waals surface area contributed by atoms with Crippen molar-refractivity contribution in [2.75, 3.05) is 36.9 Å². The molecule has 2 fully saturated rings. The number of nitrogens with two attached hydrogens (primary N) is 1. The molecule has 3 nitrogen and oxygen atoms in total. The Hall–Kier alpha value is -1.29. The monoisotopic (exact) mass is 236 g/mol. The molecule has 0 amide bonds. The maximum Gasteiger partial charge on any atom is 0.148 e. The first-order valence-corrected chi connectivity index (χ1v) is 6.06. The number of rotatable bonds is 1. The number of nitrogens with zero attached hydrogens (tertiary/aromatic N) is 1. The van der Waals surface area contributed by atoms with Gasteiger partial charge in [-0.15, -0.1) is 0 Å². The molecule has 1 aromatic carbocycles. The van der Waals surface area contributed by atoms with Crippen molar-refractivity contribution in [1.29, 1.82) is 0 Å². The van der Waals surface area contributed by atoms with Crippen LogP contribution in [0.5, 0.6) is 0 Å². The van der Waals surface area contributed by atoms with Crippen molar-refractivity contribution in [3.8, 4) is 0 Å². The zero-order valence-electron chi connectivity index (χ0n) is 9.79. The van der Waals surface area contributed by atoms with Crippen LogP contribution in [0.15, 0.2) is 18.2 Å². The molecule has 0 atom stereocenters. The van der Waals surface area contributed by atoms with Gasteiger partial charge in [0.25, 0.3) is 0 Å². The smallest absolute Gasteiger partial charge is 0.148 e. The van der Waals surface area contributed by atoms with Gasteiger partial charge in [-0.1, -0.05) is 0 Å². The van der Waals surface area contributed by atoms with Gasteiger partial charge in [0.15, 0.2) is 0 Å². The van der Waals surface area contributed by atoms with Gasteiger partial charge in [0, 0.05) is 37.4 Å². The van der Waals surface area contributed by atoms with Crippen molar-refractivity contribution in [2.24, 2.45) is 5.41 Å². The third-order valence-electron chi connectivity index (χ3n) is 3.96. The topological polar surface area (TPSA) is 38.5 Å². The van der Waals surface area contributed by atoms with Gasteiger partial charge in [-0.2, -0.15) is 0 Å². The number of halogens is 1. The lowest BCUT2D eigenvalue weighted by Gasteiger charge is -2.53. The molecule has 0 aliphatic carbocycles. The van der Waals surface area contributed by atoms with Crippen LogP contribution in [-0.2, 0) is 4.74 Å². The van der Waals surface area contributed by atoms with Crippen LogP contribution in [0.2, 0.25) is 0 Å². The second-order valence-electron chi connectivity index (χ2n) is 5.17. The molecule has 0 saturated carbocycles. The maximum atomic E-state index is 13.4. The molecule has 2 N–H and O–H groups in total. The van der Waals surface area contributed by atoms with Gasteiger partial charge in [-0.25, -0.2) is 4.39 Å². The first kappa shape index (κ1) is 10.8. The SMILES string of the molecule is Nc1ccc(N2CC3(CCOCC3)C2)cc1F. The quantitative estimate of drug-likeness (QED) is 0.758. The molecule has 2 heterocycles. The van der Waals surface area contributed by atoms with E-state index in [1.165, 1.54) is 6.07 Å². The summed E-state index contributed by atoms with van der Waals surface area (Å²) < 4.78 is 18.7. The average Bonchev–Trinajstić information content (AvgIpc) is 2.31. The molecular weight excluding hydrogens is 219 g/mol. The lowest BCUT2D eigenvalue weighted by atomic mass is 9.73. The molecule has 2 saturated heterocycles. The fourth-order valence-electron chi connectivity index (χ4n) is 2.78. The van der Waals surface area contributed by atoms with Crippen LogP contribution in [0.25, 0.3) is 0 Å². The number of anilines is 2. The number of hydrogen-bond acceptors (Lipinski definition) is 3. The van der Waals surface area contributed by atoms with Crippen molar-refractivity contribution in [3.05, 3.63) is 24.0 Å². The highest BCUT2D eigenvalue weighted by atomic mass is 19.1. The summed E-state index contributed by atoms with van der Waals surface area (Å²) in [6.45, 7) is 3.76. The molecule has 0 unspecified atom stereocenters. The molecule has 92 valence electrons. The van der Waals surface area contributed by atoms with Crippen LogP contribution in [0, 0.1) is 11.2 Å². The molecule has 1 aromatic rings. The van der Waals surface area contributed by atoms with E-state index in [-0.39, 0.29) is 11.5 Å². The molecule has 0 aromatic heterocycles. The highest BCUT2D eigenvalue weighted by molar-refractivity contribution is 5.56. The highest BCUT2D eigenvalue weighted by Crippen LogP contribution is 2.42. The molecule has 0 bridgehead atoms. The van der Waals surface area contributed by atoms with Gasteiger partial charge in [0.05, 0.1) is 5.69 Å². The molecule has 3 rings (SSSR count). The normalized spacial score (nSPS) is 22.5. The van der Waals surface area contributed by atoms with E-state index in [9.17, 15) is 4.39 Å². The Labute approximate surface area is 100 Å². The summed E-state index contributed by atoms with van der Waals surface area (Å²) in [6.07, 6.45) is 2.25. The van der Waals surface area contributed by atoms with Crippen LogP contribution < -0.4 is 10.6 Å². The lowest BCUT2D eigenvalue weighted by molar-refractivity contribution is -0.000207. The van der Waals surface area contributed by atoms with Gasteiger partial charge < -0.3 is 15.4 Å². The predicted molar refractivity (Wildman–Crippen MR) is 65.5 cm³/mol. The molecule has 1 spiro atoms. The van der Waals surface area contributed by atoms with E-state index < -0.39 is 0 Å². The standard InChI is InChI=1S/C13H17FN2O/c14-11-7-10(1-2-12(11)15)16-8-13(9-16)3-5-17-6-4-13/h1-2,7H,3-6,8-9,15H2. The van der Waals surface area contributed by atoms with Crippen molar-refractivity contribution in [1.82, 2.24) is 0 Å². The summed E-state index contributed by atoms with van der Waals surface area (Å²) in [5, 5.41) is 0. The van der Waals surface area contributed by atoms with Crippen molar-refractivity contribution < 1.29 is 9.13 Å². The summed E-state index contributed by atoms with van der Waals surface area (Å²) in [4.78, 5) is 2.22. The minimum atomic E-state index is -0.324. The number of benzene rings is 1. The Morgan fingerprint density at radius 1 is 1.24 bits per heavy atom. The molecule has 17 heavy (non-hydrogen) atoms.